The molecule has 0 unspecified atom stereocenters. The number of aromatic nitrogens is 1. The third-order valence-corrected chi connectivity index (χ3v) is 6.54. The predicted octanol–water partition coefficient (Wildman–Crippen LogP) is 2.63. The van der Waals surface area contributed by atoms with Crippen LogP contribution in [-0.2, 0) is 4.79 Å². The van der Waals surface area contributed by atoms with Crippen LogP contribution in [0.1, 0.15) is 12.8 Å². The average Bonchev–Trinajstić information content (AvgIpc) is 2.64. The van der Waals surface area contributed by atoms with Crippen LogP contribution in [0.15, 0.2) is 29.2 Å². The predicted molar refractivity (Wildman–Crippen MR) is 117 cm³/mol. The largest absolute Gasteiger partial charge is 0.380 e. The minimum atomic E-state index is -0.161. The van der Waals surface area contributed by atoms with E-state index in [-0.39, 0.29) is 11.5 Å². The number of aromatic amines is 1. The van der Waals surface area contributed by atoms with Gasteiger partial charge in [-0.3, -0.25) is 14.5 Å². The van der Waals surface area contributed by atoms with E-state index in [1.54, 1.807) is 18.0 Å². The van der Waals surface area contributed by atoms with Gasteiger partial charge < -0.3 is 15.2 Å². The Morgan fingerprint density at radius 3 is 2.79 bits per heavy atom. The van der Waals surface area contributed by atoms with E-state index in [2.05, 4.69) is 15.2 Å². The Morgan fingerprint density at radius 1 is 1.32 bits per heavy atom. The third-order valence-electron chi connectivity index (χ3n) is 5.71. The first-order valence-electron chi connectivity index (χ1n) is 9.63. The Hall–Kier alpha value is -1.70. The number of piperidine rings is 1. The van der Waals surface area contributed by atoms with Crippen LogP contribution in [0.3, 0.4) is 0 Å². The molecule has 2 N–H and O–H groups in total. The van der Waals surface area contributed by atoms with Crippen LogP contribution in [0.4, 0.5) is 5.69 Å². The van der Waals surface area contributed by atoms with E-state index < -0.39 is 0 Å². The van der Waals surface area contributed by atoms with Gasteiger partial charge in [-0.25, -0.2) is 0 Å². The van der Waals surface area contributed by atoms with Crippen LogP contribution in [-0.4, -0.2) is 71.0 Å². The molecule has 0 aliphatic carbocycles. The number of pyridine rings is 1. The Labute approximate surface area is 173 Å². The highest BCUT2D eigenvalue weighted by Gasteiger charge is 2.34. The second-order valence-electron chi connectivity index (χ2n) is 7.57. The SMILES string of the molecule is CSCC(=O)N1CCC(N2CC(Nc3cc(Cl)c4c(=O)[nH]ccc4c3)C2)CC1. The lowest BCUT2D eigenvalue weighted by Gasteiger charge is -2.47. The number of nitrogens with one attached hydrogen (secondary N) is 2. The van der Waals surface area contributed by atoms with Crippen molar-refractivity contribution in [1.29, 1.82) is 0 Å². The maximum absolute atomic E-state index is 12.0. The fourth-order valence-electron chi connectivity index (χ4n) is 4.19. The number of hydrogen-bond acceptors (Lipinski definition) is 5. The number of likely N-dealkylation sites (tertiary alicyclic amines) is 2. The molecule has 3 heterocycles. The summed E-state index contributed by atoms with van der Waals surface area (Å²) in [6.45, 7) is 3.73. The van der Waals surface area contributed by atoms with Gasteiger partial charge in [0, 0.05) is 44.1 Å². The molecule has 0 saturated carbocycles. The molecular formula is C20H25ClN4O2S. The van der Waals surface area contributed by atoms with E-state index in [0.717, 1.165) is 50.1 Å². The minimum Gasteiger partial charge on any atom is -0.380 e. The summed E-state index contributed by atoms with van der Waals surface area (Å²) in [5.41, 5.74) is 0.788. The molecule has 2 aromatic rings. The lowest BCUT2D eigenvalue weighted by Crippen LogP contribution is -2.60. The Bertz CT molecular complexity index is 920. The summed E-state index contributed by atoms with van der Waals surface area (Å²) < 4.78 is 0. The zero-order chi connectivity index (χ0) is 19.7. The van der Waals surface area contributed by atoms with E-state index in [9.17, 15) is 9.59 Å². The highest BCUT2D eigenvalue weighted by Crippen LogP contribution is 2.28. The van der Waals surface area contributed by atoms with Crippen molar-refractivity contribution < 1.29 is 4.79 Å². The molecule has 0 atom stereocenters. The summed E-state index contributed by atoms with van der Waals surface area (Å²) in [6, 6.07) is 6.63. The molecule has 0 radical (unpaired) electrons. The molecule has 28 heavy (non-hydrogen) atoms. The summed E-state index contributed by atoms with van der Waals surface area (Å²) >= 11 is 7.91. The van der Waals surface area contributed by atoms with Gasteiger partial charge in [-0.15, -0.1) is 0 Å². The number of carbonyl (C=O) groups excluding carboxylic acids is 1. The highest BCUT2D eigenvalue weighted by atomic mass is 35.5. The molecule has 2 aliphatic heterocycles. The van der Waals surface area contributed by atoms with Crippen molar-refractivity contribution in [2.75, 3.05) is 43.5 Å². The van der Waals surface area contributed by atoms with Crippen molar-refractivity contribution in [2.45, 2.75) is 24.9 Å². The van der Waals surface area contributed by atoms with Crippen LogP contribution in [0.25, 0.3) is 10.8 Å². The van der Waals surface area contributed by atoms with Gasteiger partial charge in [-0.05, 0) is 42.7 Å². The lowest BCUT2D eigenvalue weighted by atomic mass is 9.97. The molecule has 2 saturated heterocycles. The molecule has 1 aromatic carbocycles. The maximum atomic E-state index is 12.0. The number of carbonyl (C=O) groups is 1. The first kappa shape index (κ1) is 19.6. The number of benzene rings is 1. The molecule has 8 heteroatoms. The normalized spacial score (nSPS) is 19.0. The van der Waals surface area contributed by atoms with Crippen molar-refractivity contribution in [3.63, 3.8) is 0 Å². The van der Waals surface area contributed by atoms with Crippen LogP contribution >= 0.6 is 23.4 Å². The van der Waals surface area contributed by atoms with Crippen LogP contribution in [0, 0.1) is 0 Å². The second kappa shape index (κ2) is 8.35. The summed E-state index contributed by atoms with van der Waals surface area (Å²) in [4.78, 5) is 31.1. The van der Waals surface area contributed by atoms with Gasteiger partial charge in [0.2, 0.25) is 5.91 Å². The van der Waals surface area contributed by atoms with Gasteiger partial charge in [0.1, 0.15) is 0 Å². The number of hydrogen-bond donors (Lipinski definition) is 2. The van der Waals surface area contributed by atoms with Gasteiger partial charge in [-0.1, -0.05) is 11.6 Å². The Morgan fingerprint density at radius 2 is 2.07 bits per heavy atom. The molecule has 1 aromatic heterocycles. The maximum Gasteiger partial charge on any atom is 0.257 e. The van der Waals surface area contributed by atoms with Crippen molar-refractivity contribution in [2.24, 2.45) is 0 Å². The molecule has 150 valence electrons. The number of halogens is 1. The average molecular weight is 421 g/mol. The van der Waals surface area contributed by atoms with Crippen molar-refractivity contribution in [3.05, 3.63) is 39.8 Å². The van der Waals surface area contributed by atoms with E-state index in [1.807, 2.05) is 29.4 Å². The van der Waals surface area contributed by atoms with Crippen LogP contribution in [0.2, 0.25) is 5.02 Å². The molecule has 1 amide bonds. The van der Waals surface area contributed by atoms with Gasteiger partial charge in [0.15, 0.2) is 0 Å². The Kier molecular flexibility index (Phi) is 5.85. The number of anilines is 1. The molecule has 0 bridgehead atoms. The lowest BCUT2D eigenvalue weighted by molar-refractivity contribution is -0.130. The summed E-state index contributed by atoms with van der Waals surface area (Å²) in [6.07, 6.45) is 5.72. The van der Waals surface area contributed by atoms with Crippen molar-refractivity contribution in [3.8, 4) is 0 Å². The smallest absolute Gasteiger partial charge is 0.257 e. The number of nitrogens with zero attached hydrogens (tertiary/aromatic N) is 2. The number of rotatable bonds is 5. The highest BCUT2D eigenvalue weighted by molar-refractivity contribution is 7.99. The zero-order valence-electron chi connectivity index (χ0n) is 15.9. The summed E-state index contributed by atoms with van der Waals surface area (Å²) in [5.74, 6) is 0.849. The van der Waals surface area contributed by atoms with Crippen LogP contribution in [0.5, 0.6) is 0 Å². The first-order chi connectivity index (χ1) is 13.5. The number of fused-ring (bicyclic) bond motifs is 1. The van der Waals surface area contributed by atoms with Crippen molar-refractivity contribution in [1.82, 2.24) is 14.8 Å². The van der Waals surface area contributed by atoms with E-state index in [0.29, 0.717) is 28.2 Å². The second-order valence-corrected chi connectivity index (χ2v) is 8.84. The van der Waals surface area contributed by atoms with E-state index in [4.69, 9.17) is 11.6 Å². The minimum absolute atomic E-state index is 0.161. The van der Waals surface area contributed by atoms with E-state index in [1.165, 1.54) is 0 Å². The van der Waals surface area contributed by atoms with E-state index >= 15 is 0 Å². The fourth-order valence-corrected chi connectivity index (χ4v) is 4.94. The fraction of sp³-hybridized carbons (Fsp3) is 0.500. The monoisotopic (exact) mass is 420 g/mol. The number of H-pyrrole nitrogens is 1. The quantitative estimate of drug-likeness (QED) is 0.778. The third kappa shape index (κ3) is 4.02. The summed E-state index contributed by atoms with van der Waals surface area (Å²) in [7, 11) is 0. The number of thioether (sulfide) groups is 1. The van der Waals surface area contributed by atoms with Crippen LogP contribution < -0.4 is 10.9 Å². The molecule has 6 nitrogen and oxygen atoms in total. The standard InChI is InChI=1S/C20H25ClN4O2S/c1-28-12-18(26)24-6-3-16(4-7-24)25-10-15(11-25)23-14-8-13-2-5-22-20(27)19(13)17(21)9-14/h2,5,8-9,15-16,23H,3-4,6-7,10-12H2,1H3,(H,22,27). The first-order valence-corrected chi connectivity index (χ1v) is 11.4. The topological polar surface area (TPSA) is 68.4 Å². The Balaban J connectivity index is 1.30. The van der Waals surface area contributed by atoms with Gasteiger partial charge in [0.25, 0.3) is 5.56 Å². The van der Waals surface area contributed by atoms with Gasteiger partial charge in [-0.2, -0.15) is 11.8 Å². The molecular weight excluding hydrogens is 396 g/mol. The molecule has 2 fully saturated rings. The zero-order valence-corrected chi connectivity index (χ0v) is 17.5. The molecule has 2 aliphatic rings. The molecule has 0 spiro atoms. The molecule has 4 rings (SSSR count). The van der Waals surface area contributed by atoms with Gasteiger partial charge in [0.05, 0.1) is 22.2 Å². The van der Waals surface area contributed by atoms with Gasteiger partial charge >= 0.3 is 0 Å². The van der Waals surface area contributed by atoms with Crippen molar-refractivity contribution >= 4 is 45.7 Å². The summed E-state index contributed by atoms with van der Waals surface area (Å²) in [5, 5.41) is 5.39. The number of amides is 1.